The average Bonchev–Trinajstić information content (AvgIpc) is 3.08. The Morgan fingerprint density at radius 3 is 2.70 bits per heavy atom. The summed E-state index contributed by atoms with van der Waals surface area (Å²) < 4.78 is 1.82. The van der Waals surface area contributed by atoms with Crippen LogP contribution < -0.4 is 5.32 Å². The number of rotatable bonds is 3. The lowest BCUT2D eigenvalue weighted by atomic mass is 9.74. The largest absolute Gasteiger partial charge is 0.325 e. The zero-order chi connectivity index (χ0) is 23.0. The van der Waals surface area contributed by atoms with Gasteiger partial charge in [0.15, 0.2) is 16.6 Å². The Bertz CT molecular complexity index is 1420. The molecular formula is C21H18BCl2N8O. The van der Waals surface area contributed by atoms with E-state index in [1.54, 1.807) is 30.7 Å². The number of halogens is 2. The molecule has 165 valence electrons. The van der Waals surface area contributed by atoms with Gasteiger partial charge in [-0.15, -0.1) is 4.80 Å². The maximum atomic E-state index is 13.5. The molecule has 1 saturated heterocycles. The first-order valence-corrected chi connectivity index (χ1v) is 11.3. The third kappa shape index (κ3) is 3.15. The van der Waals surface area contributed by atoms with Gasteiger partial charge in [-0.2, -0.15) is 15.3 Å². The van der Waals surface area contributed by atoms with Gasteiger partial charge in [0, 0.05) is 23.0 Å². The van der Waals surface area contributed by atoms with Gasteiger partial charge < -0.3 is 5.32 Å². The summed E-state index contributed by atoms with van der Waals surface area (Å²) in [6.07, 6.45) is 8.01. The second-order valence-corrected chi connectivity index (χ2v) is 9.96. The first-order valence-electron chi connectivity index (χ1n) is 10.5. The summed E-state index contributed by atoms with van der Waals surface area (Å²) in [7, 11) is 2.09. The standard InChI is InChI=1S/C21H18BCl2N8O/c1-20(2)3-4-21(16(22-21)12-10-25-15-8-14(24)30-31(15)17(12)20)19(33)29-11-7-13(23)18(26-9-11)32-27-5-6-28-32/h5-10,16H,3-4H2,1-2H3,(H,29,33)/t16?,21-/m1/s1. The van der Waals surface area contributed by atoms with Crippen molar-refractivity contribution >= 4 is 47.7 Å². The van der Waals surface area contributed by atoms with Gasteiger partial charge in [0.05, 0.1) is 35.0 Å². The van der Waals surface area contributed by atoms with E-state index in [0.29, 0.717) is 33.7 Å². The van der Waals surface area contributed by atoms with Crippen LogP contribution in [-0.4, -0.2) is 47.8 Å². The lowest BCUT2D eigenvalue weighted by molar-refractivity contribution is -0.118. The summed E-state index contributed by atoms with van der Waals surface area (Å²) in [5, 5.41) is 15.7. The van der Waals surface area contributed by atoms with Gasteiger partial charge in [-0.25, -0.2) is 14.5 Å². The quantitative estimate of drug-likeness (QED) is 0.450. The monoisotopic (exact) mass is 479 g/mol. The fourth-order valence-corrected chi connectivity index (χ4v) is 5.28. The van der Waals surface area contributed by atoms with E-state index in [1.807, 2.05) is 10.7 Å². The van der Waals surface area contributed by atoms with E-state index in [4.69, 9.17) is 23.2 Å². The van der Waals surface area contributed by atoms with Crippen molar-refractivity contribution in [3.8, 4) is 5.82 Å². The van der Waals surface area contributed by atoms with Crippen LogP contribution in [0.3, 0.4) is 0 Å². The number of hydrogen-bond acceptors (Lipinski definition) is 6. The fourth-order valence-electron chi connectivity index (χ4n) is 4.87. The van der Waals surface area contributed by atoms with Crippen molar-refractivity contribution in [1.29, 1.82) is 0 Å². The highest BCUT2D eigenvalue weighted by molar-refractivity contribution is 6.65. The third-order valence-corrected chi connectivity index (χ3v) is 7.11. The van der Waals surface area contributed by atoms with Gasteiger partial charge in [-0.1, -0.05) is 37.0 Å². The molecule has 1 fully saturated rings. The van der Waals surface area contributed by atoms with Crippen LogP contribution in [0.25, 0.3) is 11.5 Å². The summed E-state index contributed by atoms with van der Waals surface area (Å²) in [6, 6.07) is 3.41. The van der Waals surface area contributed by atoms with Crippen molar-refractivity contribution in [2.24, 2.45) is 0 Å². The molecule has 2 atom stereocenters. The maximum Gasteiger partial charge on any atom is 0.222 e. The number of nitrogens with zero attached hydrogens (tertiary/aromatic N) is 7. The molecule has 1 aliphatic heterocycles. The summed E-state index contributed by atoms with van der Waals surface area (Å²) in [6.45, 7) is 4.34. The molecular weight excluding hydrogens is 462 g/mol. The second kappa shape index (κ2) is 7.01. The Labute approximate surface area is 199 Å². The summed E-state index contributed by atoms with van der Waals surface area (Å²) in [5.41, 5.74) is 3.08. The van der Waals surface area contributed by atoms with Crippen LogP contribution in [-0.2, 0) is 10.2 Å². The van der Waals surface area contributed by atoms with E-state index in [1.165, 1.54) is 4.80 Å². The van der Waals surface area contributed by atoms with E-state index < -0.39 is 5.31 Å². The Kier molecular flexibility index (Phi) is 4.38. The number of anilines is 1. The van der Waals surface area contributed by atoms with Crippen LogP contribution in [0, 0.1) is 0 Å². The van der Waals surface area contributed by atoms with Crippen LogP contribution >= 0.6 is 23.2 Å². The van der Waals surface area contributed by atoms with Gasteiger partial charge in [-0.3, -0.25) is 4.79 Å². The van der Waals surface area contributed by atoms with Crippen molar-refractivity contribution < 1.29 is 4.79 Å². The van der Waals surface area contributed by atoms with E-state index in [-0.39, 0.29) is 17.1 Å². The molecule has 1 unspecified atom stereocenters. The van der Waals surface area contributed by atoms with Crippen LogP contribution in [0.2, 0.25) is 15.5 Å². The van der Waals surface area contributed by atoms with Gasteiger partial charge in [0.25, 0.3) is 0 Å². The van der Waals surface area contributed by atoms with Gasteiger partial charge in [0.1, 0.15) is 7.28 Å². The summed E-state index contributed by atoms with van der Waals surface area (Å²) in [5.74, 6) is 0.259. The van der Waals surface area contributed by atoms with Crippen molar-refractivity contribution in [2.75, 3.05) is 5.32 Å². The van der Waals surface area contributed by atoms with E-state index in [2.05, 4.69) is 51.7 Å². The molecule has 1 N–H and O–H groups in total. The molecule has 9 nitrogen and oxygen atoms in total. The average molecular weight is 480 g/mol. The molecule has 0 saturated carbocycles. The SMILES string of the molecule is CC1(C)CC[C@@]2(C(=O)Nc3cnc(-n4nccn4)c(Cl)c3)[B]C2c2cnc3cc(Cl)nn3c21. The minimum Gasteiger partial charge on any atom is -0.325 e. The molecule has 1 amide bonds. The number of nitrogens with one attached hydrogen (secondary N) is 1. The highest BCUT2D eigenvalue weighted by Gasteiger charge is 2.63. The first-order chi connectivity index (χ1) is 15.8. The minimum atomic E-state index is -0.622. The number of carbonyl (C=O) groups excluding carboxylic acids is 1. The summed E-state index contributed by atoms with van der Waals surface area (Å²) in [4.78, 5) is 23.7. The van der Waals surface area contributed by atoms with Gasteiger partial charge >= 0.3 is 0 Å². The van der Waals surface area contributed by atoms with Crippen LogP contribution in [0.1, 0.15) is 43.8 Å². The lowest BCUT2D eigenvalue weighted by Crippen LogP contribution is -2.25. The molecule has 0 spiro atoms. The van der Waals surface area contributed by atoms with E-state index in [0.717, 1.165) is 17.7 Å². The molecule has 5 heterocycles. The van der Waals surface area contributed by atoms with Crippen LogP contribution in [0.5, 0.6) is 0 Å². The predicted molar refractivity (Wildman–Crippen MR) is 124 cm³/mol. The van der Waals surface area contributed by atoms with Crippen LogP contribution in [0.15, 0.2) is 36.9 Å². The van der Waals surface area contributed by atoms with Crippen LogP contribution in [0.4, 0.5) is 5.69 Å². The zero-order valence-electron chi connectivity index (χ0n) is 17.8. The van der Waals surface area contributed by atoms with Crippen molar-refractivity contribution in [2.45, 2.75) is 43.2 Å². The number of aromatic nitrogens is 7. The van der Waals surface area contributed by atoms with E-state index in [9.17, 15) is 4.79 Å². The molecule has 4 aromatic rings. The molecule has 0 aromatic carbocycles. The number of amides is 1. The van der Waals surface area contributed by atoms with Crippen molar-refractivity contribution in [3.05, 3.63) is 58.4 Å². The first kappa shape index (κ1) is 20.6. The Balaban J connectivity index is 1.32. The molecule has 1 radical (unpaired) electrons. The van der Waals surface area contributed by atoms with Crippen molar-refractivity contribution in [1.82, 2.24) is 34.6 Å². The Morgan fingerprint density at radius 2 is 1.94 bits per heavy atom. The molecule has 4 aromatic heterocycles. The van der Waals surface area contributed by atoms with Crippen molar-refractivity contribution in [3.63, 3.8) is 0 Å². The highest BCUT2D eigenvalue weighted by atomic mass is 35.5. The second-order valence-electron chi connectivity index (χ2n) is 9.17. The molecule has 33 heavy (non-hydrogen) atoms. The Morgan fingerprint density at radius 1 is 1.15 bits per heavy atom. The maximum absolute atomic E-state index is 13.5. The normalized spacial score (nSPS) is 22.7. The third-order valence-electron chi connectivity index (χ3n) is 6.64. The molecule has 12 heteroatoms. The number of pyridine rings is 1. The van der Waals surface area contributed by atoms with Gasteiger partial charge in [-0.05, 0) is 30.3 Å². The topological polar surface area (TPSA) is 103 Å². The lowest BCUT2D eigenvalue weighted by Gasteiger charge is -2.27. The zero-order valence-corrected chi connectivity index (χ0v) is 19.3. The number of fused-ring (bicyclic) bond motifs is 5. The Hall–Kier alpha value is -2.98. The van der Waals surface area contributed by atoms with Gasteiger partial charge in [0.2, 0.25) is 5.91 Å². The highest BCUT2D eigenvalue weighted by Crippen LogP contribution is 2.65. The fraction of sp³-hybridized carbons (Fsp3) is 0.333. The number of carbonyl (C=O) groups is 1. The summed E-state index contributed by atoms with van der Waals surface area (Å²) >= 11 is 12.5. The number of hydrogen-bond donors (Lipinski definition) is 1. The molecule has 1 aliphatic carbocycles. The minimum absolute atomic E-state index is 0.0508. The van der Waals surface area contributed by atoms with E-state index >= 15 is 0 Å². The molecule has 2 aliphatic rings. The smallest absolute Gasteiger partial charge is 0.222 e. The predicted octanol–water partition coefficient (Wildman–Crippen LogP) is 3.64. The molecule has 0 bridgehead atoms. The molecule has 6 rings (SSSR count).